The lowest BCUT2D eigenvalue weighted by Crippen LogP contribution is -2.32. The SMILES string of the molecule is O=C1C(Sc2ccccc2)=C(c2cccs2)C(=O)N1c1cc(F)ccc1F. The van der Waals surface area contributed by atoms with Crippen LogP contribution in [-0.2, 0) is 9.59 Å². The van der Waals surface area contributed by atoms with E-state index in [-0.39, 0.29) is 16.2 Å². The number of hydrogen-bond acceptors (Lipinski definition) is 4. The van der Waals surface area contributed by atoms with E-state index < -0.39 is 23.4 Å². The summed E-state index contributed by atoms with van der Waals surface area (Å²) in [5, 5.41) is 1.79. The first-order chi connectivity index (χ1) is 13.1. The molecule has 1 aliphatic rings. The van der Waals surface area contributed by atoms with Crippen LogP contribution in [0.2, 0.25) is 0 Å². The van der Waals surface area contributed by atoms with Crippen molar-refractivity contribution in [3.63, 3.8) is 0 Å². The molecular weight excluding hydrogens is 388 g/mol. The van der Waals surface area contributed by atoms with Crippen molar-refractivity contribution < 1.29 is 18.4 Å². The molecule has 2 amide bonds. The standard InChI is InChI=1S/C20H11F2NO2S2/c21-12-8-9-14(22)15(11-12)23-19(24)17(16-7-4-10-26-16)18(20(23)25)27-13-5-2-1-3-6-13/h1-11H. The highest BCUT2D eigenvalue weighted by Gasteiger charge is 2.42. The number of thiophene rings is 1. The highest BCUT2D eigenvalue weighted by molar-refractivity contribution is 8.04. The number of thioether (sulfide) groups is 1. The van der Waals surface area contributed by atoms with Gasteiger partial charge in [-0.2, -0.15) is 0 Å². The quantitative estimate of drug-likeness (QED) is 0.573. The van der Waals surface area contributed by atoms with Crippen molar-refractivity contribution in [3.8, 4) is 0 Å². The number of amides is 2. The zero-order valence-electron chi connectivity index (χ0n) is 13.7. The van der Waals surface area contributed by atoms with Gasteiger partial charge in [-0.15, -0.1) is 11.3 Å². The molecule has 2 aromatic carbocycles. The lowest BCUT2D eigenvalue weighted by Gasteiger charge is -2.16. The Hall–Kier alpha value is -2.77. The molecule has 7 heteroatoms. The maximum atomic E-state index is 14.3. The molecule has 3 nitrogen and oxygen atoms in total. The Bertz CT molecular complexity index is 1060. The number of rotatable bonds is 4. The Morgan fingerprint density at radius 1 is 0.889 bits per heavy atom. The molecule has 3 aromatic rings. The number of benzene rings is 2. The first kappa shape index (κ1) is 17.6. The number of hydrogen-bond donors (Lipinski definition) is 0. The van der Waals surface area contributed by atoms with Crippen molar-refractivity contribution in [2.75, 3.05) is 4.90 Å². The summed E-state index contributed by atoms with van der Waals surface area (Å²) in [6.07, 6.45) is 0. The number of nitrogens with zero attached hydrogens (tertiary/aromatic N) is 1. The van der Waals surface area contributed by atoms with E-state index in [0.29, 0.717) is 9.78 Å². The summed E-state index contributed by atoms with van der Waals surface area (Å²) in [6, 6.07) is 15.3. The van der Waals surface area contributed by atoms with Crippen LogP contribution in [-0.4, -0.2) is 11.8 Å². The minimum absolute atomic E-state index is 0.192. The number of halogens is 2. The van der Waals surface area contributed by atoms with Gasteiger partial charge in [-0.05, 0) is 35.7 Å². The second kappa shape index (κ2) is 7.09. The van der Waals surface area contributed by atoms with Gasteiger partial charge in [0.1, 0.15) is 11.6 Å². The molecule has 0 bridgehead atoms. The minimum atomic E-state index is -0.838. The lowest BCUT2D eigenvalue weighted by molar-refractivity contribution is -0.119. The third-order valence-corrected chi connectivity index (χ3v) is 5.90. The molecule has 0 spiro atoms. The molecule has 2 heterocycles. The summed E-state index contributed by atoms with van der Waals surface area (Å²) < 4.78 is 27.9. The van der Waals surface area contributed by atoms with Gasteiger partial charge in [0, 0.05) is 15.8 Å². The van der Waals surface area contributed by atoms with Gasteiger partial charge in [0.25, 0.3) is 11.8 Å². The van der Waals surface area contributed by atoms with Gasteiger partial charge in [0.05, 0.1) is 16.2 Å². The van der Waals surface area contributed by atoms with Gasteiger partial charge in [0.2, 0.25) is 0 Å². The fourth-order valence-electron chi connectivity index (χ4n) is 2.72. The average Bonchev–Trinajstić information content (AvgIpc) is 3.26. The maximum Gasteiger partial charge on any atom is 0.273 e. The summed E-state index contributed by atoms with van der Waals surface area (Å²) in [5.74, 6) is -2.89. The van der Waals surface area contributed by atoms with E-state index in [0.717, 1.165) is 34.9 Å². The molecule has 0 unspecified atom stereocenters. The van der Waals surface area contributed by atoms with Gasteiger partial charge in [0.15, 0.2) is 0 Å². The first-order valence-electron chi connectivity index (χ1n) is 7.91. The van der Waals surface area contributed by atoms with E-state index >= 15 is 0 Å². The minimum Gasteiger partial charge on any atom is -0.268 e. The van der Waals surface area contributed by atoms with E-state index in [1.165, 1.54) is 11.3 Å². The largest absolute Gasteiger partial charge is 0.273 e. The van der Waals surface area contributed by atoms with Crippen LogP contribution >= 0.6 is 23.1 Å². The summed E-state index contributed by atoms with van der Waals surface area (Å²) in [4.78, 5) is 28.3. The maximum absolute atomic E-state index is 14.3. The van der Waals surface area contributed by atoms with Crippen molar-refractivity contribution >= 4 is 46.2 Å². The lowest BCUT2D eigenvalue weighted by atomic mass is 10.2. The monoisotopic (exact) mass is 399 g/mol. The molecule has 4 rings (SSSR count). The van der Waals surface area contributed by atoms with Crippen LogP contribution in [0.3, 0.4) is 0 Å². The van der Waals surface area contributed by atoms with Crippen LogP contribution in [0.4, 0.5) is 14.5 Å². The Morgan fingerprint density at radius 2 is 1.67 bits per heavy atom. The fraction of sp³-hybridized carbons (Fsp3) is 0. The van der Waals surface area contributed by atoms with Gasteiger partial charge in [-0.1, -0.05) is 36.0 Å². The van der Waals surface area contributed by atoms with Crippen molar-refractivity contribution in [2.45, 2.75) is 4.90 Å². The van der Waals surface area contributed by atoms with Crippen molar-refractivity contribution in [2.24, 2.45) is 0 Å². The van der Waals surface area contributed by atoms with Gasteiger partial charge in [-0.25, -0.2) is 13.7 Å². The Kier molecular flexibility index (Phi) is 4.63. The summed E-state index contributed by atoms with van der Waals surface area (Å²) in [7, 11) is 0. The number of imide groups is 1. The van der Waals surface area contributed by atoms with Crippen molar-refractivity contribution in [1.82, 2.24) is 0 Å². The molecule has 0 atom stereocenters. The van der Waals surface area contributed by atoms with E-state index in [1.807, 2.05) is 30.3 Å². The van der Waals surface area contributed by atoms with E-state index in [9.17, 15) is 18.4 Å². The van der Waals surface area contributed by atoms with Gasteiger partial charge in [-0.3, -0.25) is 9.59 Å². The number of carbonyl (C=O) groups excluding carboxylic acids is 2. The van der Waals surface area contributed by atoms with Crippen LogP contribution in [0.25, 0.3) is 5.57 Å². The third kappa shape index (κ3) is 3.20. The Balaban J connectivity index is 1.83. The molecule has 0 radical (unpaired) electrons. The van der Waals surface area contributed by atoms with E-state index in [4.69, 9.17) is 0 Å². The molecule has 0 saturated carbocycles. The van der Waals surface area contributed by atoms with Gasteiger partial charge >= 0.3 is 0 Å². The molecule has 0 N–H and O–H groups in total. The van der Waals surface area contributed by atoms with Crippen molar-refractivity contribution in [1.29, 1.82) is 0 Å². The average molecular weight is 399 g/mol. The highest BCUT2D eigenvalue weighted by Crippen LogP contribution is 2.42. The molecule has 0 saturated heterocycles. The molecule has 0 aliphatic carbocycles. The Labute approximate surface area is 161 Å². The number of carbonyl (C=O) groups is 2. The predicted octanol–water partition coefficient (Wildman–Crippen LogP) is 5.10. The zero-order valence-corrected chi connectivity index (χ0v) is 15.3. The zero-order chi connectivity index (χ0) is 19.0. The van der Waals surface area contributed by atoms with Crippen LogP contribution in [0.5, 0.6) is 0 Å². The molecule has 1 aromatic heterocycles. The second-order valence-electron chi connectivity index (χ2n) is 5.64. The van der Waals surface area contributed by atoms with Crippen LogP contribution in [0, 0.1) is 11.6 Å². The summed E-state index contributed by atoms with van der Waals surface area (Å²) >= 11 is 2.44. The smallest absolute Gasteiger partial charge is 0.268 e. The third-order valence-electron chi connectivity index (χ3n) is 3.92. The molecule has 134 valence electrons. The molecule has 27 heavy (non-hydrogen) atoms. The summed E-state index contributed by atoms with van der Waals surface area (Å²) in [6.45, 7) is 0. The van der Waals surface area contributed by atoms with Crippen LogP contribution in [0.1, 0.15) is 4.88 Å². The molecule has 0 fully saturated rings. The van der Waals surface area contributed by atoms with E-state index in [1.54, 1.807) is 17.5 Å². The molecular formula is C20H11F2NO2S2. The van der Waals surface area contributed by atoms with Gasteiger partial charge < -0.3 is 0 Å². The normalized spacial score (nSPS) is 14.4. The summed E-state index contributed by atoms with van der Waals surface area (Å²) in [5.41, 5.74) is -0.185. The van der Waals surface area contributed by atoms with Crippen LogP contribution < -0.4 is 4.90 Å². The van der Waals surface area contributed by atoms with Crippen molar-refractivity contribution in [3.05, 3.63) is 87.5 Å². The highest BCUT2D eigenvalue weighted by atomic mass is 32.2. The van der Waals surface area contributed by atoms with Crippen LogP contribution in [0.15, 0.2) is 75.8 Å². The van der Waals surface area contributed by atoms with E-state index in [2.05, 4.69) is 0 Å². The molecule has 1 aliphatic heterocycles. The Morgan fingerprint density at radius 3 is 2.37 bits per heavy atom. The second-order valence-corrected chi connectivity index (χ2v) is 7.67. The first-order valence-corrected chi connectivity index (χ1v) is 9.61. The topological polar surface area (TPSA) is 37.4 Å². The fourth-order valence-corrected chi connectivity index (χ4v) is 4.56. The predicted molar refractivity (Wildman–Crippen MR) is 102 cm³/mol. The number of anilines is 1.